The van der Waals surface area contributed by atoms with Gasteiger partial charge in [0, 0.05) is 11.3 Å². The number of hydrogen-bond donors (Lipinski definition) is 2. The topological polar surface area (TPSA) is 153 Å². The van der Waals surface area contributed by atoms with E-state index < -0.39 is 29.4 Å². The van der Waals surface area contributed by atoms with Gasteiger partial charge in [-0.2, -0.15) is 5.26 Å². The summed E-state index contributed by atoms with van der Waals surface area (Å²) in [6, 6.07) is 15.1. The van der Waals surface area contributed by atoms with E-state index in [1.807, 2.05) is 6.07 Å². The molecule has 5 rings (SSSR count). The molecular weight excluding hydrogens is 400 g/mol. The SMILES string of the molecule is N#CC1=C(N)Oc2c(c(=O)oc3ccccc23)[C@]12C(=O)N(CC(N)=O)c1ccccc12. The quantitative estimate of drug-likeness (QED) is 0.593. The number of primary amides is 1. The van der Waals surface area contributed by atoms with Crippen molar-refractivity contribution < 1.29 is 18.7 Å². The monoisotopic (exact) mass is 414 g/mol. The molecule has 2 aliphatic heterocycles. The van der Waals surface area contributed by atoms with Crippen LogP contribution in [-0.2, 0) is 15.0 Å². The minimum Gasteiger partial charge on any atom is -0.439 e. The molecule has 0 saturated heterocycles. The molecule has 9 heteroatoms. The van der Waals surface area contributed by atoms with E-state index in [0.29, 0.717) is 16.6 Å². The van der Waals surface area contributed by atoms with E-state index in [1.165, 1.54) is 0 Å². The maximum absolute atomic E-state index is 13.9. The number of nitrogens with zero attached hydrogens (tertiary/aromatic N) is 2. The summed E-state index contributed by atoms with van der Waals surface area (Å²) in [4.78, 5) is 39.9. The molecule has 4 N–H and O–H groups in total. The van der Waals surface area contributed by atoms with Crippen LogP contribution in [0, 0.1) is 11.3 Å². The lowest BCUT2D eigenvalue weighted by Crippen LogP contribution is -2.49. The Kier molecular flexibility index (Phi) is 3.69. The second-order valence-electron chi connectivity index (χ2n) is 7.17. The lowest BCUT2D eigenvalue weighted by atomic mass is 9.69. The van der Waals surface area contributed by atoms with Crippen molar-refractivity contribution in [2.75, 3.05) is 11.4 Å². The molecule has 0 radical (unpaired) electrons. The predicted molar refractivity (Wildman–Crippen MR) is 109 cm³/mol. The number of nitrogens with two attached hydrogens (primary N) is 2. The van der Waals surface area contributed by atoms with E-state index >= 15 is 0 Å². The van der Waals surface area contributed by atoms with Crippen molar-refractivity contribution >= 4 is 28.5 Å². The number of anilines is 1. The fraction of sp³-hybridized carbons (Fsp3) is 0.0909. The van der Waals surface area contributed by atoms with Gasteiger partial charge in [-0.1, -0.05) is 30.3 Å². The Hall–Kier alpha value is -4.58. The molecule has 0 saturated carbocycles. The molecule has 1 spiro atoms. The van der Waals surface area contributed by atoms with Gasteiger partial charge >= 0.3 is 5.63 Å². The number of benzene rings is 2. The molecule has 2 aliphatic rings. The summed E-state index contributed by atoms with van der Waals surface area (Å²) in [6.45, 7) is -0.439. The predicted octanol–water partition coefficient (Wildman–Crippen LogP) is 0.997. The van der Waals surface area contributed by atoms with Crippen LogP contribution in [0.2, 0.25) is 0 Å². The zero-order valence-electron chi connectivity index (χ0n) is 15.9. The number of amides is 2. The van der Waals surface area contributed by atoms with Crippen molar-refractivity contribution in [3.05, 3.63) is 81.5 Å². The first-order valence-corrected chi connectivity index (χ1v) is 9.25. The van der Waals surface area contributed by atoms with Crippen molar-refractivity contribution in [3.63, 3.8) is 0 Å². The van der Waals surface area contributed by atoms with E-state index in [1.54, 1.807) is 48.5 Å². The summed E-state index contributed by atoms with van der Waals surface area (Å²) in [5.41, 5.74) is 9.16. The van der Waals surface area contributed by atoms with Gasteiger partial charge in [0.1, 0.15) is 29.3 Å². The van der Waals surface area contributed by atoms with Gasteiger partial charge in [-0.05, 0) is 18.2 Å². The van der Waals surface area contributed by atoms with Crippen molar-refractivity contribution in [2.45, 2.75) is 5.41 Å². The summed E-state index contributed by atoms with van der Waals surface area (Å²) in [6.07, 6.45) is 0. The Balaban J connectivity index is 1.97. The molecule has 2 amide bonds. The summed E-state index contributed by atoms with van der Waals surface area (Å²) in [7, 11) is 0. The number of hydrogen-bond acceptors (Lipinski definition) is 7. The highest BCUT2D eigenvalue weighted by Crippen LogP contribution is 2.55. The Labute approximate surface area is 174 Å². The average molecular weight is 414 g/mol. The fourth-order valence-electron chi connectivity index (χ4n) is 4.41. The molecule has 3 heterocycles. The number of rotatable bonds is 2. The van der Waals surface area contributed by atoms with Crippen LogP contribution < -0.4 is 26.7 Å². The van der Waals surface area contributed by atoms with Crippen molar-refractivity contribution in [1.82, 2.24) is 0 Å². The van der Waals surface area contributed by atoms with Gasteiger partial charge in [-0.3, -0.25) is 9.59 Å². The molecule has 0 unspecified atom stereocenters. The zero-order chi connectivity index (χ0) is 21.9. The van der Waals surface area contributed by atoms with Crippen LogP contribution in [-0.4, -0.2) is 18.4 Å². The molecule has 1 atom stereocenters. The van der Waals surface area contributed by atoms with Gasteiger partial charge in [0.25, 0.3) is 0 Å². The number of nitriles is 1. The Bertz CT molecular complexity index is 1450. The minimum atomic E-state index is -1.93. The molecule has 31 heavy (non-hydrogen) atoms. The Morgan fingerprint density at radius 3 is 2.58 bits per heavy atom. The second kappa shape index (κ2) is 6.21. The smallest absolute Gasteiger partial charge is 0.345 e. The molecular formula is C22H14N4O5. The van der Waals surface area contributed by atoms with Crippen molar-refractivity contribution in [1.29, 1.82) is 5.26 Å². The van der Waals surface area contributed by atoms with E-state index in [2.05, 4.69) is 0 Å². The molecule has 0 aliphatic carbocycles. The van der Waals surface area contributed by atoms with E-state index in [4.69, 9.17) is 20.6 Å². The number of carbonyl (C=O) groups is 2. The third-order valence-electron chi connectivity index (χ3n) is 5.56. The lowest BCUT2D eigenvalue weighted by molar-refractivity contribution is -0.123. The second-order valence-corrected chi connectivity index (χ2v) is 7.17. The summed E-state index contributed by atoms with van der Waals surface area (Å²) in [5, 5.41) is 10.4. The van der Waals surface area contributed by atoms with E-state index in [9.17, 15) is 19.6 Å². The van der Waals surface area contributed by atoms with Gasteiger partial charge in [-0.25, -0.2) is 4.79 Å². The maximum Gasteiger partial charge on any atom is 0.345 e. The first-order chi connectivity index (χ1) is 14.9. The first-order valence-electron chi connectivity index (χ1n) is 9.25. The number of fused-ring (bicyclic) bond motifs is 6. The Morgan fingerprint density at radius 1 is 1.13 bits per heavy atom. The average Bonchev–Trinajstić information content (AvgIpc) is 2.97. The van der Waals surface area contributed by atoms with E-state index in [-0.39, 0.29) is 28.4 Å². The van der Waals surface area contributed by atoms with Gasteiger partial charge in [0.05, 0.1) is 5.39 Å². The number of para-hydroxylation sites is 2. The van der Waals surface area contributed by atoms with Crippen molar-refractivity contribution in [2.24, 2.45) is 11.5 Å². The van der Waals surface area contributed by atoms with Gasteiger partial charge in [-0.15, -0.1) is 0 Å². The fourth-order valence-corrected chi connectivity index (χ4v) is 4.41. The number of ether oxygens (including phenoxy) is 1. The first kappa shape index (κ1) is 18.4. The van der Waals surface area contributed by atoms with E-state index in [0.717, 1.165) is 4.90 Å². The van der Waals surface area contributed by atoms with Crippen LogP contribution in [0.1, 0.15) is 11.1 Å². The standard InChI is InChI=1S/C22H14N4O5/c23-9-13-19(25)31-18-11-5-1-4-8-15(11)30-20(28)17(18)22(13)12-6-2-3-7-14(12)26(21(22)29)10-16(24)27/h1-8H,10,25H2,(H2,24,27)/t22-/m1/s1. The van der Waals surface area contributed by atoms with Crippen LogP contribution in [0.15, 0.2) is 69.2 Å². The molecule has 152 valence electrons. The molecule has 9 nitrogen and oxygen atoms in total. The van der Waals surface area contributed by atoms with Crippen LogP contribution in [0.25, 0.3) is 11.0 Å². The molecule has 3 aromatic rings. The van der Waals surface area contributed by atoms with Crippen LogP contribution in [0.5, 0.6) is 5.75 Å². The van der Waals surface area contributed by atoms with Crippen LogP contribution in [0.3, 0.4) is 0 Å². The molecule has 1 aromatic heterocycles. The highest BCUT2D eigenvalue weighted by molar-refractivity contribution is 6.16. The molecule has 2 aromatic carbocycles. The van der Waals surface area contributed by atoms with Gasteiger partial charge in [0.15, 0.2) is 11.2 Å². The maximum atomic E-state index is 13.9. The van der Waals surface area contributed by atoms with Gasteiger partial charge in [0.2, 0.25) is 17.7 Å². The third-order valence-corrected chi connectivity index (χ3v) is 5.56. The largest absolute Gasteiger partial charge is 0.439 e. The van der Waals surface area contributed by atoms with Gasteiger partial charge < -0.3 is 25.5 Å². The molecule has 0 fully saturated rings. The normalized spacial score (nSPS) is 19.2. The minimum absolute atomic E-state index is 0.0347. The summed E-state index contributed by atoms with van der Waals surface area (Å²) >= 11 is 0. The number of carbonyl (C=O) groups excluding carboxylic acids is 2. The van der Waals surface area contributed by atoms with Crippen LogP contribution in [0.4, 0.5) is 5.69 Å². The Morgan fingerprint density at radius 2 is 1.84 bits per heavy atom. The molecule has 0 bridgehead atoms. The highest BCUT2D eigenvalue weighted by atomic mass is 16.5. The highest BCUT2D eigenvalue weighted by Gasteiger charge is 2.61. The lowest BCUT2D eigenvalue weighted by Gasteiger charge is -2.33. The third kappa shape index (κ3) is 2.21. The summed E-state index contributed by atoms with van der Waals surface area (Å²) < 4.78 is 11.2. The van der Waals surface area contributed by atoms with Crippen molar-refractivity contribution in [3.8, 4) is 11.8 Å². The van der Waals surface area contributed by atoms with Crippen LogP contribution >= 0.6 is 0 Å². The summed E-state index contributed by atoms with van der Waals surface area (Å²) in [5.74, 6) is -1.74. The zero-order valence-corrected chi connectivity index (χ0v) is 15.9.